The lowest BCUT2D eigenvalue weighted by molar-refractivity contribution is -0.152. The highest BCUT2D eigenvalue weighted by atomic mass is 32.1. The van der Waals surface area contributed by atoms with Crippen molar-refractivity contribution < 1.29 is 14.3 Å². The van der Waals surface area contributed by atoms with Gasteiger partial charge in [0.05, 0.1) is 18.3 Å². The number of esters is 1. The van der Waals surface area contributed by atoms with Crippen LogP contribution in [0.2, 0.25) is 0 Å². The average Bonchev–Trinajstić information content (AvgIpc) is 3.27. The summed E-state index contributed by atoms with van der Waals surface area (Å²) in [4.78, 5) is 24.6. The lowest BCUT2D eigenvalue weighted by Gasteiger charge is -2.07. The van der Waals surface area contributed by atoms with Crippen molar-refractivity contribution in [2.24, 2.45) is 0 Å². The molecule has 0 radical (unpaired) electrons. The minimum atomic E-state index is -0.900. The number of carbonyl (C=O) groups excluding carboxylic acids is 2. The molecular formula is C19H15N3O3S. The molecule has 0 aliphatic heterocycles. The highest BCUT2D eigenvalue weighted by Crippen LogP contribution is 2.38. The fourth-order valence-corrected chi connectivity index (χ4v) is 3.90. The topological polar surface area (TPSA) is 84.1 Å². The second-order valence-electron chi connectivity index (χ2n) is 5.68. The van der Waals surface area contributed by atoms with Crippen LogP contribution in [-0.4, -0.2) is 28.7 Å². The van der Waals surface area contributed by atoms with Gasteiger partial charge in [0.2, 0.25) is 0 Å². The van der Waals surface area contributed by atoms with Crippen LogP contribution in [0.15, 0.2) is 48.7 Å². The monoisotopic (exact) mass is 365 g/mol. The molecule has 0 saturated carbocycles. The number of nitrogens with one attached hydrogen (secondary N) is 2. The van der Waals surface area contributed by atoms with Crippen molar-refractivity contribution in [2.45, 2.75) is 6.92 Å². The molecule has 2 aromatic carbocycles. The van der Waals surface area contributed by atoms with E-state index in [9.17, 15) is 9.59 Å². The summed E-state index contributed by atoms with van der Waals surface area (Å²) in [7, 11) is 0. The summed E-state index contributed by atoms with van der Waals surface area (Å²) in [6, 6.07) is 13.8. The number of nitrogens with zero attached hydrogens (tertiary/aromatic N) is 1. The van der Waals surface area contributed by atoms with E-state index in [-0.39, 0.29) is 6.61 Å². The molecule has 2 N–H and O–H groups in total. The van der Waals surface area contributed by atoms with E-state index < -0.39 is 11.9 Å². The molecule has 4 rings (SSSR count). The molecule has 4 aromatic rings. The third-order valence-electron chi connectivity index (χ3n) is 3.96. The first-order valence-electron chi connectivity index (χ1n) is 8.10. The lowest BCUT2D eigenvalue weighted by Crippen LogP contribution is -2.24. The molecule has 0 bridgehead atoms. The van der Waals surface area contributed by atoms with Crippen LogP contribution in [0.3, 0.4) is 0 Å². The van der Waals surface area contributed by atoms with E-state index in [1.165, 1.54) is 4.70 Å². The maximum Gasteiger partial charge on any atom is 0.397 e. The molecule has 7 heteroatoms. The minimum Gasteiger partial charge on any atom is -0.459 e. The summed E-state index contributed by atoms with van der Waals surface area (Å²) in [5.74, 6) is -1.69. The molecule has 0 unspecified atom stereocenters. The molecule has 0 aliphatic carbocycles. The second kappa shape index (κ2) is 6.61. The van der Waals surface area contributed by atoms with Crippen molar-refractivity contribution >= 4 is 49.9 Å². The van der Waals surface area contributed by atoms with Crippen LogP contribution in [0.4, 0.5) is 5.69 Å². The Labute approximate surface area is 152 Å². The number of hydrogen-bond acceptors (Lipinski definition) is 5. The van der Waals surface area contributed by atoms with E-state index in [1.807, 2.05) is 18.2 Å². The van der Waals surface area contributed by atoms with Gasteiger partial charge >= 0.3 is 11.9 Å². The molecule has 130 valence electrons. The van der Waals surface area contributed by atoms with Crippen LogP contribution in [-0.2, 0) is 14.3 Å². The molecule has 2 aromatic heterocycles. The van der Waals surface area contributed by atoms with Gasteiger partial charge in [-0.1, -0.05) is 18.2 Å². The Bertz CT molecular complexity index is 1100. The highest BCUT2D eigenvalue weighted by molar-refractivity contribution is 7.22. The maximum absolute atomic E-state index is 12.0. The van der Waals surface area contributed by atoms with Crippen molar-refractivity contribution in [2.75, 3.05) is 11.9 Å². The SMILES string of the molecule is CCOC(=O)C(=O)Nc1cc(-c2cc3ccccc3s2)c2[nH]ncc2c1. The number of aromatic nitrogens is 2. The lowest BCUT2D eigenvalue weighted by atomic mass is 10.1. The van der Waals surface area contributed by atoms with Gasteiger partial charge in [-0.2, -0.15) is 5.10 Å². The fraction of sp³-hybridized carbons (Fsp3) is 0.105. The van der Waals surface area contributed by atoms with E-state index in [4.69, 9.17) is 4.74 Å². The number of carbonyl (C=O) groups is 2. The third kappa shape index (κ3) is 2.93. The molecule has 0 saturated heterocycles. The predicted molar refractivity (Wildman–Crippen MR) is 102 cm³/mol. The van der Waals surface area contributed by atoms with Gasteiger partial charge in [0.25, 0.3) is 0 Å². The van der Waals surface area contributed by atoms with Crippen molar-refractivity contribution in [1.29, 1.82) is 0 Å². The van der Waals surface area contributed by atoms with E-state index in [2.05, 4.69) is 33.7 Å². The number of anilines is 1. The van der Waals surface area contributed by atoms with Crippen LogP contribution in [0.1, 0.15) is 6.92 Å². The number of aromatic amines is 1. The van der Waals surface area contributed by atoms with Crippen LogP contribution in [0, 0.1) is 0 Å². The van der Waals surface area contributed by atoms with E-state index in [0.717, 1.165) is 26.7 Å². The maximum atomic E-state index is 12.0. The first-order chi connectivity index (χ1) is 12.7. The molecule has 0 aliphatic rings. The number of amides is 1. The Morgan fingerprint density at radius 3 is 2.85 bits per heavy atom. The molecule has 6 nitrogen and oxygen atoms in total. The smallest absolute Gasteiger partial charge is 0.397 e. The Kier molecular flexibility index (Phi) is 4.14. The third-order valence-corrected chi connectivity index (χ3v) is 5.11. The number of benzene rings is 2. The van der Waals surface area contributed by atoms with Gasteiger partial charge in [0.1, 0.15) is 0 Å². The highest BCUT2D eigenvalue weighted by Gasteiger charge is 2.17. The predicted octanol–water partition coefficient (Wildman–Crippen LogP) is 3.95. The first-order valence-corrected chi connectivity index (χ1v) is 8.91. The Hall–Kier alpha value is -3.19. The quantitative estimate of drug-likeness (QED) is 0.425. The number of hydrogen-bond donors (Lipinski definition) is 2. The van der Waals surface area contributed by atoms with Gasteiger partial charge in [0.15, 0.2) is 0 Å². The van der Waals surface area contributed by atoms with E-state index in [1.54, 1.807) is 30.5 Å². The number of H-pyrrole nitrogens is 1. The molecule has 1 amide bonds. The van der Waals surface area contributed by atoms with Crippen molar-refractivity contribution in [1.82, 2.24) is 10.2 Å². The van der Waals surface area contributed by atoms with Gasteiger partial charge in [0, 0.05) is 26.2 Å². The van der Waals surface area contributed by atoms with Gasteiger partial charge in [-0.25, -0.2) is 4.79 Å². The van der Waals surface area contributed by atoms with Crippen LogP contribution < -0.4 is 5.32 Å². The summed E-state index contributed by atoms with van der Waals surface area (Å²) in [5.41, 5.74) is 2.32. The molecule has 0 atom stereocenters. The Morgan fingerprint density at radius 2 is 2.04 bits per heavy atom. The van der Waals surface area contributed by atoms with Crippen LogP contribution >= 0.6 is 11.3 Å². The first kappa shape index (κ1) is 16.3. The zero-order valence-electron chi connectivity index (χ0n) is 13.9. The summed E-state index contributed by atoms with van der Waals surface area (Å²) in [5, 5.41) is 11.7. The number of ether oxygens (including phenoxy) is 1. The second-order valence-corrected chi connectivity index (χ2v) is 6.76. The molecule has 0 fully saturated rings. The van der Waals surface area contributed by atoms with Gasteiger partial charge in [-0.3, -0.25) is 9.89 Å². The van der Waals surface area contributed by atoms with Crippen molar-refractivity contribution in [3.63, 3.8) is 0 Å². The largest absolute Gasteiger partial charge is 0.459 e. The molecule has 0 spiro atoms. The van der Waals surface area contributed by atoms with Gasteiger partial charge in [-0.05, 0) is 36.6 Å². The number of fused-ring (bicyclic) bond motifs is 2. The molecule has 26 heavy (non-hydrogen) atoms. The fourth-order valence-electron chi connectivity index (χ4n) is 2.82. The van der Waals surface area contributed by atoms with Crippen LogP contribution in [0.25, 0.3) is 31.4 Å². The Morgan fingerprint density at radius 1 is 1.19 bits per heavy atom. The standard InChI is InChI=1S/C19H15N3O3S/c1-2-25-19(24)18(23)21-13-7-12-10-20-22-17(12)14(9-13)16-8-11-5-3-4-6-15(11)26-16/h3-10H,2H2,1H3,(H,20,22)(H,21,23). The van der Waals surface area contributed by atoms with E-state index in [0.29, 0.717) is 5.69 Å². The number of rotatable bonds is 3. The molecule has 2 heterocycles. The molecular weight excluding hydrogens is 350 g/mol. The summed E-state index contributed by atoms with van der Waals surface area (Å²) in [6.07, 6.45) is 1.69. The van der Waals surface area contributed by atoms with Crippen molar-refractivity contribution in [3.05, 3.63) is 48.7 Å². The average molecular weight is 365 g/mol. The van der Waals surface area contributed by atoms with Crippen LogP contribution in [0.5, 0.6) is 0 Å². The normalized spacial score (nSPS) is 11.0. The summed E-state index contributed by atoms with van der Waals surface area (Å²) >= 11 is 1.66. The van der Waals surface area contributed by atoms with Crippen molar-refractivity contribution in [3.8, 4) is 10.4 Å². The minimum absolute atomic E-state index is 0.153. The zero-order chi connectivity index (χ0) is 18.1. The number of thiophene rings is 1. The van der Waals surface area contributed by atoms with Gasteiger partial charge < -0.3 is 10.1 Å². The zero-order valence-corrected chi connectivity index (χ0v) is 14.7. The van der Waals surface area contributed by atoms with Gasteiger partial charge in [-0.15, -0.1) is 11.3 Å². The Balaban J connectivity index is 1.77. The van der Waals surface area contributed by atoms with E-state index >= 15 is 0 Å². The summed E-state index contributed by atoms with van der Waals surface area (Å²) < 4.78 is 5.91. The summed E-state index contributed by atoms with van der Waals surface area (Å²) in [6.45, 7) is 1.81.